The average molecular weight is 349 g/mol. The second kappa shape index (κ2) is 6.26. The number of hydrogen-bond donors (Lipinski definition) is 1. The Hall–Kier alpha value is -1.59. The van der Waals surface area contributed by atoms with E-state index in [0.717, 1.165) is 10.4 Å². The van der Waals surface area contributed by atoms with Crippen LogP contribution in [-0.2, 0) is 6.17 Å². The summed E-state index contributed by atoms with van der Waals surface area (Å²) in [7, 11) is -2.95. The van der Waals surface area contributed by atoms with Crippen LogP contribution in [0, 0.1) is 0 Å². The van der Waals surface area contributed by atoms with E-state index in [-0.39, 0.29) is 0 Å². The Morgan fingerprint density at radius 3 is 1.82 bits per heavy atom. The molecule has 3 rings (SSSR count). The molecule has 1 aromatic heterocycles. The Morgan fingerprint density at radius 2 is 1.41 bits per heavy atom. The maximum atomic E-state index is 11.5. The third-order valence-corrected chi connectivity index (χ3v) is 7.52. The highest BCUT2D eigenvalue weighted by Crippen LogP contribution is 2.12. The molecule has 0 atom stereocenters. The molecule has 1 N–H and O–H groups in total. The molecule has 0 amide bonds. The summed E-state index contributed by atoms with van der Waals surface area (Å²) in [4.78, 5) is 15.6. The van der Waals surface area contributed by atoms with Crippen molar-refractivity contribution in [2.75, 3.05) is 0 Å². The highest BCUT2D eigenvalue weighted by Gasteiger charge is 2.36. The van der Waals surface area contributed by atoms with Crippen molar-refractivity contribution in [1.82, 2.24) is 9.55 Å². The maximum Gasteiger partial charge on any atom is 0.272 e. The number of benzene rings is 2. The maximum absolute atomic E-state index is 11.5. The van der Waals surface area contributed by atoms with E-state index in [1.54, 1.807) is 36.8 Å². The second-order valence-corrected chi connectivity index (χ2v) is 9.17. The molecule has 0 saturated carbocycles. The Balaban J connectivity index is 2.08. The van der Waals surface area contributed by atoms with Crippen molar-refractivity contribution in [2.45, 2.75) is 6.17 Å². The minimum atomic E-state index is -2.95. The quantitative estimate of drug-likeness (QED) is 0.735. The van der Waals surface area contributed by atoms with Gasteiger partial charge in [0, 0.05) is 22.4 Å². The molecular formula is C16H14Cl2N2OSi. The normalized spacial score (nSPS) is 11.6. The van der Waals surface area contributed by atoms with E-state index in [0.29, 0.717) is 16.2 Å². The zero-order valence-corrected chi connectivity index (χ0v) is 14.2. The minimum Gasteiger partial charge on any atom is -0.423 e. The van der Waals surface area contributed by atoms with Crippen LogP contribution in [0.15, 0.2) is 67.3 Å². The van der Waals surface area contributed by atoms with Crippen molar-refractivity contribution in [3.8, 4) is 0 Å². The van der Waals surface area contributed by atoms with Crippen LogP contribution in [0.4, 0.5) is 0 Å². The van der Waals surface area contributed by atoms with Gasteiger partial charge in [-0.2, -0.15) is 0 Å². The molecule has 0 bridgehead atoms. The number of nitrogens with zero attached hydrogens (tertiary/aromatic N) is 2. The first-order valence-electron chi connectivity index (χ1n) is 6.78. The average Bonchev–Trinajstić information content (AvgIpc) is 3.01. The monoisotopic (exact) mass is 348 g/mol. The van der Waals surface area contributed by atoms with Gasteiger partial charge < -0.3 is 9.36 Å². The van der Waals surface area contributed by atoms with E-state index >= 15 is 0 Å². The molecule has 0 saturated heterocycles. The molecule has 22 heavy (non-hydrogen) atoms. The SMILES string of the molecule is O[Si](Cn1ccnc1)(c1ccc(Cl)cc1)c1ccc(Cl)cc1. The van der Waals surface area contributed by atoms with Gasteiger partial charge in [0.1, 0.15) is 0 Å². The van der Waals surface area contributed by atoms with Crippen LogP contribution in [0.2, 0.25) is 10.0 Å². The van der Waals surface area contributed by atoms with Crippen LogP contribution in [0.25, 0.3) is 0 Å². The third kappa shape index (κ3) is 3.10. The fourth-order valence-electron chi connectivity index (χ4n) is 2.44. The smallest absolute Gasteiger partial charge is 0.272 e. The first-order chi connectivity index (χ1) is 10.6. The van der Waals surface area contributed by atoms with Gasteiger partial charge >= 0.3 is 0 Å². The highest BCUT2D eigenvalue weighted by atomic mass is 35.5. The molecule has 0 aliphatic rings. The van der Waals surface area contributed by atoms with E-state index in [1.165, 1.54) is 0 Å². The Morgan fingerprint density at radius 1 is 0.909 bits per heavy atom. The van der Waals surface area contributed by atoms with Crippen LogP contribution >= 0.6 is 23.2 Å². The molecule has 0 aliphatic heterocycles. The number of aromatic nitrogens is 2. The third-order valence-electron chi connectivity index (χ3n) is 3.61. The van der Waals surface area contributed by atoms with Crippen LogP contribution in [0.3, 0.4) is 0 Å². The number of halogens is 2. The molecule has 3 nitrogen and oxygen atoms in total. The first-order valence-corrected chi connectivity index (χ1v) is 9.69. The molecule has 3 aromatic rings. The van der Waals surface area contributed by atoms with Crippen molar-refractivity contribution < 1.29 is 4.80 Å². The lowest BCUT2D eigenvalue weighted by molar-refractivity contribution is 0.546. The summed E-state index contributed by atoms with van der Waals surface area (Å²) in [5, 5.41) is 3.10. The number of imidazole rings is 1. The number of rotatable bonds is 4. The van der Waals surface area contributed by atoms with Crippen molar-refractivity contribution in [2.24, 2.45) is 0 Å². The van der Waals surface area contributed by atoms with Gasteiger partial charge in [-0.05, 0) is 34.6 Å². The predicted molar refractivity (Wildman–Crippen MR) is 92.4 cm³/mol. The summed E-state index contributed by atoms with van der Waals surface area (Å²) >= 11 is 11.9. The molecule has 0 aliphatic carbocycles. The topological polar surface area (TPSA) is 38.0 Å². The molecule has 0 spiro atoms. The molecule has 0 fully saturated rings. The van der Waals surface area contributed by atoms with E-state index in [9.17, 15) is 4.80 Å². The number of hydrogen-bond acceptors (Lipinski definition) is 2. The molecule has 6 heteroatoms. The van der Waals surface area contributed by atoms with E-state index < -0.39 is 8.32 Å². The van der Waals surface area contributed by atoms with Gasteiger partial charge in [0.25, 0.3) is 8.32 Å². The van der Waals surface area contributed by atoms with Crippen LogP contribution in [0.5, 0.6) is 0 Å². The summed E-state index contributed by atoms with van der Waals surface area (Å²) in [6.07, 6.45) is 5.75. The summed E-state index contributed by atoms with van der Waals surface area (Å²) in [5.74, 6) is 0. The zero-order chi connectivity index (χ0) is 15.6. The van der Waals surface area contributed by atoms with Crippen molar-refractivity contribution in [3.05, 3.63) is 77.3 Å². The molecule has 112 valence electrons. The van der Waals surface area contributed by atoms with Crippen molar-refractivity contribution in [3.63, 3.8) is 0 Å². The van der Waals surface area contributed by atoms with Gasteiger partial charge in [0.15, 0.2) is 0 Å². The molecule has 2 aromatic carbocycles. The lowest BCUT2D eigenvalue weighted by Crippen LogP contribution is -2.61. The van der Waals surface area contributed by atoms with Gasteiger partial charge in [-0.1, -0.05) is 47.5 Å². The standard InChI is InChI=1S/C16H14Cl2N2OSi/c17-13-1-5-15(6-2-13)22(21,12-20-10-9-19-11-20)16-7-3-14(18)4-8-16/h1-11,21H,12H2. The van der Waals surface area contributed by atoms with Crippen molar-refractivity contribution >= 4 is 41.9 Å². The Labute approximate surface area is 139 Å². The highest BCUT2D eigenvalue weighted by molar-refractivity contribution is 6.95. The predicted octanol–water partition coefficient (Wildman–Crippen LogP) is 2.48. The van der Waals surface area contributed by atoms with E-state index in [1.807, 2.05) is 35.0 Å². The first kappa shape index (κ1) is 15.3. The Kier molecular flexibility index (Phi) is 4.36. The lowest BCUT2D eigenvalue weighted by Gasteiger charge is -2.26. The summed E-state index contributed by atoms with van der Waals surface area (Å²) in [6.45, 7) is 0. The summed E-state index contributed by atoms with van der Waals surface area (Å²) in [5.41, 5.74) is 0. The van der Waals surface area contributed by atoms with Crippen LogP contribution in [-0.4, -0.2) is 22.7 Å². The van der Waals surface area contributed by atoms with Gasteiger partial charge in [0.2, 0.25) is 0 Å². The molecule has 0 radical (unpaired) electrons. The minimum absolute atomic E-state index is 0.482. The van der Waals surface area contributed by atoms with E-state index in [2.05, 4.69) is 4.98 Å². The molecule has 0 unspecified atom stereocenters. The molecule has 1 heterocycles. The van der Waals surface area contributed by atoms with Gasteiger partial charge in [-0.3, -0.25) is 0 Å². The van der Waals surface area contributed by atoms with Gasteiger partial charge in [-0.15, -0.1) is 0 Å². The van der Waals surface area contributed by atoms with Gasteiger partial charge in [0.05, 0.1) is 12.5 Å². The lowest BCUT2D eigenvalue weighted by atomic mass is 10.4. The Bertz CT molecular complexity index is 697. The second-order valence-electron chi connectivity index (χ2n) is 5.11. The summed E-state index contributed by atoms with van der Waals surface area (Å²) < 4.78 is 1.90. The van der Waals surface area contributed by atoms with Crippen molar-refractivity contribution in [1.29, 1.82) is 0 Å². The largest absolute Gasteiger partial charge is 0.423 e. The van der Waals surface area contributed by atoms with Crippen LogP contribution in [0.1, 0.15) is 0 Å². The fourth-order valence-corrected chi connectivity index (χ4v) is 5.55. The summed E-state index contributed by atoms with van der Waals surface area (Å²) in [6, 6.07) is 14.8. The van der Waals surface area contributed by atoms with E-state index in [4.69, 9.17) is 23.2 Å². The zero-order valence-electron chi connectivity index (χ0n) is 11.7. The van der Waals surface area contributed by atoms with Crippen LogP contribution < -0.4 is 10.4 Å². The fraction of sp³-hybridized carbons (Fsp3) is 0.0625. The molecular weight excluding hydrogens is 335 g/mol. The van der Waals surface area contributed by atoms with Gasteiger partial charge in [-0.25, -0.2) is 4.98 Å².